The van der Waals surface area contributed by atoms with Gasteiger partial charge in [0.15, 0.2) is 0 Å². The lowest BCUT2D eigenvalue weighted by Crippen LogP contribution is -2.03. The maximum Gasteiger partial charge on any atom is 0.0845 e. The minimum Gasteiger partial charge on any atom is -0.388 e. The van der Waals surface area contributed by atoms with Crippen molar-refractivity contribution in [2.45, 2.75) is 12.5 Å². The molecule has 0 amide bonds. The van der Waals surface area contributed by atoms with Gasteiger partial charge in [-0.3, -0.25) is 4.98 Å². The van der Waals surface area contributed by atoms with E-state index in [9.17, 15) is 5.11 Å². The van der Waals surface area contributed by atoms with Crippen LogP contribution in [0, 0.1) is 0 Å². The Morgan fingerprint density at radius 3 is 2.50 bits per heavy atom. The van der Waals surface area contributed by atoms with Crippen LogP contribution in [0.25, 0.3) is 10.9 Å². The zero-order chi connectivity index (χ0) is 13.9. The topological polar surface area (TPSA) is 33.1 Å². The molecule has 0 aliphatic rings. The molecule has 2 aromatic carbocycles. The van der Waals surface area contributed by atoms with Crippen LogP contribution >= 0.6 is 15.9 Å². The fourth-order valence-electron chi connectivity index (χ4n) is 2.22. The number of nitrogens with zero attached hydrogens (tertiary/aromatic N) is 1. The van der Waals surface area contributed by atoms with Gasteiger partial charge in [0, 0.05) is 22.0 Å². The summed E-state index contributed by atoms with van der Waals surface area (Å²) in [6, 6.07) is 19.8. The summed E-state index contributed by atoms with van der Waals surface area (Å²) < 4.78 is 1.01. The molecule has 0 radical (unpaired) electrons. The first-order valence-electron chi connectivity index (χ1n) is 6.50. The first kappa shape index (κ1) is 13.3. The number of benzene rings is 2. The van der Waals surface area contributed by atoms with Gasteiger partial charge < -0.3 is 5.11 Å². The van der Waals surface area contributed by atoms with Crippen LogP contribution in [-0.2, 0) is 6.42 Å². The molecule has 0 fully saturated rings. The van der Waals surface area contributed by atoms with Crippen LogP contribution in [0.15, 0.2) is 65.1 Å². The molecule has 100 valence electrons. The lowest BCUT2D eigenvalue weighted by Gasteiger charge is -2.11. The van der Waals surface area contributed by atoms with Gasteiger partial charge in [-0.2, -0.15) is 0 Å². The maximum absolute atomic E-state index is 10.3. The number of fused-ring (bicyclic) bond motifs is 1. The molecule has 1 heterocycles. The second-order valence-electron chi connectivity index (χ2n) is 4.77. The molecule has 2 nitrogen and oxygen atoms in total. The van der Waals surface area contributed by atoms with Gasteiger partial charge in [-0.15, -0.1) is 0 Å². The highest BCUT2D eigenvalue weighted by molar-refractivity contribution is 9.10. The van der Waals surface area contributed by atoms with E-state index in [2.05, 4.69) is 20.9 Å². The molecule has 0 aliphatic carbocycles. The third kappa shape index (κ3) is 2.89. The molecule has 20 heavy (non-hydrogen) atoms. The first-order valence-corrected chi connectivity index (χ1v) is 7.30. The molecular formula is C17H14BrNO. The molecule has 0 saturated carbocycles. The zero-order valence-corrected chi connectivity index (χ0v) is 12.4. The van der Waals surface area contributed by atoms with Crippen molar-refractivity contribution in [3.8, 4) is 0 Å². The van der Waals surface area contributed by atoms with E-state index in [-0.39, 0.29) is 0 Å². The van der Waals surface area contributed by atoms with Crippen LogP contribution in [0.4, 0.5) is 0 Å². The molecule has 1 atom stereocenters. The van der Waals surface area contributed by atoms with Crippen molar-refractivity contribution < 1.29 is 5.11 Å². The Morgan fingerprint density at radius 2 is 1.70 bits per heavy atom. The van der Waals surface area contributed by atoms with E-state index < -0.39 is 6.10 Å². The normalized spacial score (nSPS) is 12.5. The summed E-state index contributed by atoms with van der Waals surface area (Å²) in [5, 5.41) is 11.4. The largest absolute Gasteiger partial charge is 0.388 e. The van der Waals surface area contributed by atoms with Crippen molar-refractivity contribution in [3.63, 3.8) is 0 Å². The maximum atomic E-state index is 10.3. The van der Waals surface area contributed by atoms with Crippen molar-refractivity contribution in [2.75, 3.05) is 0 Å². The number of rotatable bonds is 3. The van der Waals surface area contributed by atoms with Crippen LogP contribution in [0.3, 0.4) is 0 Å². The summed E-state index contributed by atoms with van der Waals surface area (Å²) in [5.41, 5.74) is 2.77. The fraction of sp³-hybridized carbons (Fsp3) is 0.118. The summed E-state index contributed by atoms with van der Waals surface area (Å²) in [6.45, 7) is 0. The smallest absolute Gasteiger partial charge is 0.0845 e. The predicted octanol–water partition coefficient (Wildman–Crippen LogP) is 4.27. The van der Waals surface area contributed by atoms with E-state index in [0.29, 0.717) is 6.42 Å². The van der Waals surface area contributed by atoms with E-state index in [0.717, 1.165) is 26.6 Å². The number of hydrogen-bond donors (Lipinski definition) is 1. The molecule has 3 aromatic rings. The Kier molecular flexibility index (Phi) is 3.81. The van der Waals surface area contributed by atoms with Crippen molar-refractivity contribution >= 4 is 26.8 Å². The molecule has 3 rings (SSSR count). The number of hydrogen-bond acceptors (Lipinski definition) is 2. The number of aromatic nitrogens is 1. The monoisotopic (exact) mass is 327 g/mol. The average molecular weight is 328 g/mol. The minimum absolute atomic E-state index is 0.520. The zero-order valence-electron chi connectivity index (χ0n) is 10.8. The summed E-state index contributed by atoms with van der Waals surface area (Å²) in [7, 11) is 0. The molecule has 0 saturated heterocycles. The van der Waals surface area contributed by atoms with Gasteiger partial charge >= 0.3 is 0 Å². The predicted molar refractivity (Wildman–Crippen MR) is 84.5 cm³/mol. The number of aliphatic hydroxyl groups is 1. The van der Waals surface area contributed by atoms with Gasteiger partial charge in [-0.25, -0.2) is 0 Å². The Balaban J connectivity index is 1.83. The molecule has 0 bridgehead atoms. The third-order valence-electron chi connectivity index (χ3n) is 3.31. The average Bonchev–Trinajstić information content (AvgIpc) is 2.48. The van der Waals surface area contributed by atoms with Gasteiger partial charge in [0.25, 0.3) is 0 Å². The standard InChI is InChI=1S/C17H14BrNO/c18-14-8-5-13(6-9-14)17(20)11-15-10-7-12-3-1-2-4-16(12)19-15/h1-10,17,20H,11H2. The Morgan fingerprint density at radius 1 is 0.950 bits per heavy atom. The Hall–Kier alpha value is -1.71. The number of halogens is 1. The van der Waals surface area contributed by atoms with Gasteiger partial charge in [-0.05, 0) is 29.8 Å². The van der Waals surface area contributed by atoms with Crippen LogP contribution < -0.4 is 0 Å². The molecule has 3 heteroatoms. The van der Waals surface area contributed by atoms with Crippen LogP contribution in [0.5, 0.6) is 0 Å². The van der Waals surface area contributed by atoms with Crippen LogP contribution in [0.2, 0.25) is 0 Å². The van der Waals surface area contributed by atoms with Crippen molar-refractivity contribution in [1.29, 1.82) is 0 Å². The fourth-order valence-corrected chi connectivity index (χ4v) is 2.49. The summed E-state index contributed by atoms with van der Waals surface area (Å²) in [5.74, 6) is 0. The van der Waals surface area contributed by atoms with E-state index in [1.807, 2.05) is 60.7 Å². The van der Waals surface area contributed by atoms with Crippen molar-refractivity contribution in [2.24, 2.45) is 0 Å². The van der Waals surface area contributed by atoms with E-state index >= 15 is 0 Å². The lowest BCUT2D eigenvalue weighted by molar-refractivity contribution is 0.177. The second-order valence-corrected chi connectivity index (χ2v) is 5.68. The Bertz CT molecular complexity index is 724. The Labute approximate surface area is 126 Å². The highest BCUT2D eigenvalue weighted by Gasteiger charge is 2.09. The molecule has 1 unspecified atom stereocenters. The van der Waals surface area contributed by atoms with Crippen molar-refractivity contribution in [1.82, 2.24) is 4.98 Å². The molecule has 0 aliphatic heterocycles. The second kappa shape index (κ2) is 5.73. The molecule has 1 aromatic heterocycles. The van der Waals surface area contributed by atoms with Crippen molar-refractivity contribution in [3.05, 3.63) is 76.4 Å². The van der Waals surface area contributed by atoms with E-state index in [4.69, 9.17) is 0 Å². The van der Waals surface area contributed by atoms with Gasteiger partial charge in [-0.1, -0.05) is 52.3 Å². The number of pyridine rings is 1. The quantitative estimate of drug-likeness (QED) is 0.779. The summed E-state index contributed by atoms with van der Waals surface area (Å²) in [6.07, 6.45) is -0.0105. The molecule has 0 spiro atoms. The van der Waals surface area contributed by atoms with E-state index in [1.165, 1.54) is 0 Å². The minimum atomic E-state index is -0.531. The molecule has 1 N–H and O–H groups in total. The lowest BCUT2D eigenvalue weighted by atomic mass is 10.0. The third-order valence-corrected chi connectivity index (χ3v) is 3.84. The van der Waals surface area contributed by atoms with E-state index in [1.54, 1.807) is 0 Å². The van der Waals surface area contributed by atoms with Gasteiger partial charge in [0.2, 0.25) is 0 Å². The SMILES string of the molecule is OC(Cc1ccc2ccccc2n1)c1ccc(Br)cc1. The van der Waals surface area contributed by atoms with Crippen LogP contribution in [-0.4, -0.2) is 10.1 Å². The summed E-state index contributed by atoms with van der Waals surface area (Å²) in [4.78, 5) is 4.59. The van der Waals surface area contributed by atoms with Gasteiger partial charge in [0.1, 0.15) is 0 Å². The highest BCUT2D eigenvalue weighted by atomic mass is 79.9. The summed E-state index contributed by atoms with van der Waals surface area (Å²) >= 11 is 3.39. The number of para-hydroxylation sites is 1. The highest BCUT2D eigenvalue weighted by Crippen LogP contribution is 2.21. The first-order chi connectivity index (χ1) is 9.72. The van der Waals surface area contributed by atoms with Crippen LogP contribution in [0.1, 0.15) is 17.4 Å². The molecular weight excluding hydrogens is 314 g/mol. The van der Waals surface area contributed by atoms with Gasteiger partial charge in [0.05, 0.1) is 11.6 Å². The number of aliphatic hydroxyl groups excluding tert-OH is 1.